The maximum Gasteiger partial charge on any atom is 0.417 e. The Hall–Kier alpha value is -3.61. The van der Waals surface area contributed by atoms with Gasteiger partial charge in [-0.25, -0.2) is 9.78 Å². The van der Waals surface area contributed by atoms with Crippen LogP contribution in [0.15, 0.2) is 72.9 Å². The van der Waals surface area contributed by atoms with Gasteiger partial charge in [-0.3, -0.25) is 10.3 Å². The monoisotopic (exact) mass is 448 g/mol. The van der Waals surface area contributed by atoms with E-state index < -0.39 is 6.09 Å². The van der Waals surface area contributed by atoms with Crippen LogP contribution in [-0.4, -0.2) is 21.0 Å². The molecule has 0 spiro atoms. The molecule has 2 N–H and O–H groups in total. The predicted molar refractivity (Wildman–Crippen MR) is 123 cm³/mol. The molecule has 1 amide bonds. The molecule has 5 aromatic rings. The third-order valence-corrected chi connectivity index (χ3v) is 5.34. The molecule has 0 radical (unpaired) electrons. The van der Waals surface area contributed by atoms with Crippen molar-refractivity contribution >= 4 is 56.9 Å². The number of imidazole rings is 1. The number of rotatable bonds is 3. The van der Waals surface area contributed by atoms with E-state index in [4.69, 9.17) is 27.9 Å². The molecule has 8 heteroatoms. The number of H-pyrrole nitrogens is 1. The van der Waals surface area contributed by atoms with Gasteiger partial charge in [0, 0.05) is 23.3 Å². The summed E-state index contributed by atoms with van der Waals surface area (Å²) in [5.41, 5.74) is 3.46. The van der Waals surface area contributed by atoms with Gasteiger partial charge in [-0.05, 0) is 48.5 Å². The highest BCUT2D eigenvalue weighted by atomic mass is 35.5. The number of carbonyl (C=O) groups is 1. The minimum Gasteiger partial charge on any atom is -0.410 e. The molecule has 0 saturated heterocycles. The number of anilines is 1. The number of benzene rings is 3. The number of carbonyl (C=O) groups excluding carboxylic acids is 1. The minimum absolute atomic E-state index is 0.368. The van der Waals surface area contributed by atoms with Crippen molar-refractivity contribution in [2.24, 2.45) is 0 Å². The van der Waals surface area contributed by atoms with Gasteiger partial charge in [0.1, 0.15) is 11.6 Å². The van der Waals surface area contributed by atoms with E-state index in [2.05, 4.69) is 20.3 Å². The predicted octanol–water partition coefficient (Wildman–Crippen LogP) is 6.70. The molecule has 3 aromatic carbocycles. The lowest BCUT2D eigenvalue weighted by molar-refractivity contribution is 0.215. The highest BCUT2D eigenvalue weighted by Crippen LogP contribution is 2.34. The summed E-state index contributed by atoms with van der Waals surface area (Å²) in [6.45, 7) is 0. The summed E-state index contributed by atoms with van der Waals surface area (Å²) >= 11 is 12.6. The number of amides is 1. The lowest BCUT2D eigenvalue weighted by Crippen LogP contribution is -2.16. The maximum atomic E-state index is 12.4. The molecule has 0 aliphatic rings. The van der Waals surface area contributed by atoms with Crippen LogP contribution < -0.4 is 10.1 Å². The number of nitrogens with zero attached hydrogens (tertiary/aromatic N) is 2. The fourth-order valence-corrected chi connectivity index (χ4v) is 3.87. The first-order valence-electron chi connectivity index (χ1n) is 9.34. The van der Waals surface area contributed by atoms with Crippen LogP contribution in [-0.2, 0) is 0 Å². The zero-order valence-corrected chi connectivity index (χ0v) is 17.4. The molecule has 6 nitrogen and oxygen atoms in total. The van der Waals surface area contributed by atoms with E-state index in [0.29, 0.717) is 43.9 Å². The van der Waals surface area contributed by atoms with Crippen LogP contribution in [0.3, 0.4) is 0 Å². The zero-order valence-electron chi connectivity index (χ0n) is 15.9. The molecule has 2 heterocycles. The van der Waals surface area contributed by atoms with E-state index in [1.807, 2.05) is 24.3 Å². The normalized spacial score (nSPS) is 11.0. The summed E-state index contributed by atoms with van der Waals surface area (Å²) in [5.74, 6) is 0.907. The largest absolute Gasteiger partial charge is 0.417 e. The Kier molecular flexibility index (Phi) is 4.94. The number of nitrogens with one attached hydrogen (secondary N) is 2. The highest BCUT2D eigenvalue weighted by molar-refractivity contribution is 6.39. The molecule has 152 valence electrons. The fraction of sp³-hybridized carbons (Fsp3) is 0. The van der Waals surface area contributed by atoms with Gasteiger partial charge in [0.25, 0.3) is 0 Å². The Morgan fingerprint density at radius 2 is 1.74 bits per heavy atom. The van der Waals surface area contributed by atoms with Crippen LogP contribution in [0.5, 0.6) is 5.75 Å². The van der Waals surface area contributed by atoms with E-state index in [1.54, 1.807) is 48.7 Å². The van der Waals surface area contributed by atoms with E-state index in [-0.39, 0.29) is 0 Å². The number of ether oxygens (including phenoxy) is 1. The van der Waals surface area contributed by atoms with Gasteiger partial charge >= 0.3 is 6.09 Å². The smallest absolute Gasteiger partial charge is 0.410 e. The molecular weight excluding hydrogens is 435 g/mol. The summed E-state index contributed by atoms with van der Waals surface area (Å²) in [6.07, 6.45) is 1.12. The third-order valence-electron chi connectivity index (χ3n) is 4.71. The van der Waals surface area contributed by atoms with Gasteiger partial charge < -0.3 is 9.72 Å². The van der Waals surface area contributed by atoms with Crippen LogP contribution in [0, 0.1) is 0 Å². The number of halogens is 2. The van der Waals surface area contributed by atoms with E-state index in [9.17, 15) is 4.79 Å². The topological polar surface area (TPSA) is 79.9 Å². The second-order valence-electron chi connectivity index (χ2n) is 6.79. The molecule has 0 aliphatic carbocycles. The first-order chi connectivity index (χ1) is 15.1. The average Bonchev–Trinajstić information content (AvgIpc) is 3.16. The van der Waals surface area contributed by atoms with Crippen molar-refractivity contribution in [3.8, 4) is 17.1 Å². The van der Waals surface area contributed by atoms with Gasteiger partial charge in [0.2, 0.25) is 0 Å². The van der Waals surface area contributed by atoms with E-state index in [0.717, 1.165) is 10.9 Å². The quantitative estimate of drug-likeness (QED) is 0.321. The van der Waals surface area contributed by atoms with Crippen LogP contribution in [0.1, 0.15) is 0 Å². The molecule has 0 fully saturated rings. The summed E-state index contributed by atoms with van der Waals surface area (Å²) in [5, 5.41) is 4.64. The Morgan fingerprint density at radius 1 is 0.935 bits per heavy atom. The van der Waals surface area contributed by atoms with Crippen molar-refractivity contribution < 1.29 is 9.53 Å². The van der Waals surface area contributed by atoms with Crippen molar-refractivity contribution in [1.82, 2.24) is 15.0 Å². The van der Waals surface area contributed by atoms with Gasteiger partial charge in [-0.15, -0.1) is 0 Å². The summed E-state index contributed by atoms with van der Waals surface area (Å²) in [6, 6.07) is 19.6. The summed E-state index contributed by atoms with van der Waals surface area (Å²) in [4.78, 5) is 24.3. The maximum absolute atomic E-state index is 12.4. The highest BCUT2D eigenvalue weighted by Gasteiger charge is 2.14. The van der Waals surface area contributed by atoms with Crippen molar-refractivity contribution in [3.05, 3.63) is 83.0 Å². The third kappa shape index (κ3) is 3.91. The SMILES string of the molecule is O=C(Nc1ccc2ncccc2c1)Oc1ccc2nc(-c3c(Cl)cccc3Cl)[nH]c2c1. The molecule has 0 saturated carbocycles. The molecule has 31 heavy (non-hydrogen) atoms. The van der Waals surface area contributed by atoms with Crippen molar-refractivity contribution in [2.45, 2.75) is 0 Å². The Bertz CT molecular complexity index is 1430. The number of aromatic nitrogens is 3. The molecular formula is C23H14Cl2N4O2. The van der Waals surface area contributed by atoms with Crippen LogP contribution >= 0.6 is 23.2 Å². The second-order valence-corrected chi connectivity index (χ2v) is 7.60. The summed E-state index contributed by atoms with van der Waals surface area (Å²) in [7, 11) is 0. The van der Waals surface area contributed by atoms with Crippen molar-refractivity contribution in [3.63, 3.8) is 0 Å². The first-order valence-corrected chi connectivity index (χ1v) is 10.1. The fourth-order valence-electron chi connectivity index (χ4n) is 3.30. The molecule has 0 bridgehead atoms. The van der Waals surface area contributed by atoms with Crippen LogP contribution in [0.25, 0.3) is 33.3 Å². The number of hydrogen-bond donors (Lipinski definition) is 2. The number of fused-ring (bicyclic) bond motifs is 2. The number of pyridine rings is 1. The Balaban J connectivity index is 1.37. The van der Waals surface area contributed by atoms with Crippen LogP contribution in [0.2, 0.25) is 10.0 Å². The van der Waals surface area contributed by atoms with Gasteiger partial charge in [-0.2, -0.15) is 0 Å². The van der Waals surface area contributed by atoms with Gasteiger partial charge in [-0.1, -0.05) is 35.3 Å². The Morgan fingerprint density at radius 3 is 2.58 bits per heavy atom. The van der Waals surface area contributed by atoms with E-state index in [1.165, 1.54) is 0 Å². The first kappa shape index (κ1) is 19.4. The van der Waals surface area contributed by atoms with Gasteiger partial charge in [0.15, 0.2) is 0 Å². The molecule has 0 unspecified atom stereocenters. The lowest BCUT2D eigenvalue weighted by atomic mass is 10.2. The van der Waals surface area contributed by atoms with Crippen molar-refractivity contribution in [2.75, 3.05) is 5.32 Å². The van der Waals surface area contributed by atoms with Crippen LogP contribution in [0.4, 0.5) is 10.5 Å². The minimum atomic E-state index is -0.600. The molecule has 0 atom stereocenters. The molecule has 0 aliphatic heterocycles. The Labute approximate surface area is 186 Å². The van der Waals surface area contributed by atoms with Gasteiger partial charge in [0.05, 0.1) is 32.2 Å². The standard InChI is InChI=1S/C23H14Cl2N4O2/c24-16-4-1-5-17(25)21(16)22-28-19-9-7-15(12-20(19)29-22)31-23(30)27-14-6-8-18-13(11-14)3-2-10-26-18/h1-12H,(H,27,30)(H,28,29). The number of aromatic amines is 1. The second kappa shape index (κ2) is 7.91. The lowest BCUT2D eigenvalue weighted by Gasteiger charge is -2.07. The van der Waals surface area contributed by atoms with E-state index >= 15 is 0 Å². The summed E-state index contributed by atoms with van der Waals surface area (Å²) < 4.78 is 5.44. The number of hydrogen-bond acceptors (Lipinski definition) is 4. The molecule has 5 rings (SSSR count). The van der Waals surface area contributed by atoms with Crippen molar-refractivity contribution in [1.29, 1.82) is 0 Å². The molecule has 2 aromatic heterocycles. The zero-order chi connectivity index (χ0) is 21.4. The average molecular weight is 449 g/mol.